The lowest BCUT2D eigenvalue weighted by atomic mass is 10.1. The SMILES string of the molecule is CCOc1ccc(S(=O)(=O)NC(Cc2ccccc2)C(=O)N2CCCC2)cc1Cl. The highest BCUT2D eigenvalue weighted by Crippen LogP contribution is 2.27. The Morgan fingerprint density at radius 1 is 1.17 bits per heavy atom. The molecule has 0 aromatic heterocycles. The second-order valence-electron chi connectivity index (χ2n) is 6.92. The Balaban J connectivity index is 1.85. The maximum atomic E-state index is 13.0. The summed E-state index contributed by atoms with van der Waals surface area (Å²) in [6.07, 6.45) is 2.15. The Bertz CT molecular complexity index is 944. The molecule has 1 fully saturated rings. The summed E-state index contributed by atoms with van der Waals surface area (Å²) in [7, 11) is -3.95. The molecule has 1 heterocycles. The number of likely N-dealkylation sites (tertiary alicyclic amines) is 1. The summed E-state index contributed by atoms with van der Waals surface area (Å²) in [5.41, 5.74) is 0.887. The van der Waals surface area contributed by atoms with Gasteiger partial charge in [-0.25, -0.2) is 8.42 Å². The van der Waals surface area contributed by atoms with Gasteiger partial charge < -0.3 is 9.64 Å². The van der Waals surface area contributed by atoms with Crippen molar-refractivity contribution in [2.75, 3.05) is 19.7 Å². The highest BCUT2D eigenvalue weighted by Gasteiger charge is 2.31. The van der Waals surface area contributed by atoms with Crippen molar-refractivity contribution in [3.63, 3.8) is 0 Å². The molecule has 29 heavy (non-hydrogen) atoms. The van der Waals surface area contributed by atoms with Crippen LogP contribution in [0.25, 0.3) is 0 Å². The number of amides is 1. The predicted molar refractivity (Wildman–Crippen MR) is 113 cm³/mol. The minimum absolute atomic E-state index is 0.00163. The third-order valence-corrected chi connectivity index (χ3v) is 6.57. The van der Waals surface area contributed by atoms with Crippen molar-refractivity contribution in [2.24, 2.45) is 0 Å². The molecular weight excluding hydrogens is 412 g/mol. The van der Waals surface area contributed by atoms with Crippen molar-refractivity contribution in [2.45, 2.75) is 37.1 Å². The van der Waals surface area contributed by atoms with Crippen LogP contribution in [0.2, 0.25) is 5.02 Å². The van der Waals surface area contributed by atoms with Gasteiger partial charge in [-0.1, -0.05) is 41.9 Å². The molecule has 6 nitrogen and oxygen atoms in total. The van der Waals surface area contributed by atoms with E-state index in [4.69, 9.17) is 16.3 Å². The second kappa shape index (κ2) is 9.61. The molecule has 0 saturated carbocycles. The van der Waals surface area contributed by atoms with Crippen LogP contribution in [0.5, 0.6) is 5.75 Å². The molecule has 1 saturated heterocycles. The van der Waals surface area contributed by atoms with E-state index in [1.807, 2.05) is 37.3 Å². The molecule has 1 amide bonds. The molecule has 0 spiro atoms. The van der Waals surface area contributed by atoms with Crippen molar-refractivity contribution < 1.29 is 17.9 Å². The van der Waals surface area contributed by atoms with E-state index in [9.17, 15) is 13.2 Å². The molecule has 1 unspecified atom stereocenters. The summed E-state index contributed by atoms with van der Waals surface area (Å²) in [6.45, 7) is 3.55. The van der Waals surface area contributed by atoms with Gasteiger partial charge in [-0.15, -0.1) is 0 Å². The Morgan fingerprint density at radius 3 is 2.48 bits per heavy atom. The van der Waals surface area contributed by atoms with E-state index < -0.39 is 16.1 Å². The van der Waals surface area contributed by atoms with Gasteiger partial charge >= 0.3 is 0 Å². The Kier molecular flexibility index (Phi) is 7.16. The summed E-state index contributed by atoms with van der Waals surface area (Å²) in [5.74, 6) is 0.217. The van der Waals surface area contributed by atoms with E-state index in [1.54, 1.807) is 4.90 Å². The van der Waals surface area contributed by atoms with Gasteiger partial charge in [0.15, 0.2) is 0 Å². The number of nitrogens with zero attached hydrogens (tertiary/aromatic N) is 1. The van der Waals surface area contributed by atoms with Crippen LogP contribution < -0.4 is 9.46 Å². The van der Waals surface area contributed by atoms with Crippen LogP contribution in [0.4, 0.5) is 0 Å². The zero-order valence-electron chi connectivity index (χ0n) is 16.3. The largest absolute Gasteiger partial charge is 0.492 e. The number of carbonyl (C=O) groups is 1. The molecule has 0 radical (unpaired) electrons. The summed E-state index contributed by atoms with van der Waals surface area (Å²) < 4.78 is 33.9. The van der Waals surface area contributed by atoms with Crippen LogP contribution in [0, 0.1) is 0 Å². The third-order valence-electron chi connectivity index (χ3n) is 4.81. The van der Waals surface area contributed by atoms with Crippen LogP contribution in [0.3, 0.4) is 0 Å². The Hall–Kier alpha value is -2.09. The van der Waals surface area contributed by atoms with E-state index in [1.165, 1.54) is 18.2 Å². The summed E-state index contributed by atoms with van der Waals surface area (Å²) in [6, 6.07) is 12.8. The highest BCUT2D eigenvalue weighted by molar-refractivity contribution is 7.89. The molecule has 0 bridgehead atoms. The first-order valence-corrected chi connectivity index (χ1v) is 11.5. The fourth-order valence-corrected chi connectivity index (χ4v) is 4.88. The van der Waals surface area contributed by atoms with Crippen molar-refractivity contribution >= 4 is 27.5 Å². The van der Waals surface area contributed by atoms with Gasteiger partial charge in [0.05, 0.1) is 16.5 Å². The number of hydrogen-bond acceptors (Lipinski definition) is 4. The van der Waals surface area contributed by atoms with Gasteiger partial charge in [0.1, 0.15) is 11.8 Å². The molecule has 1 N–H and O–H groups in total. The van der Waals surface area contributed by atoms with Gasteiger partial charge in [0, 0.05) is 13.1 Å². The topological polar surface area (TPSA) is 75.7 Å². The fraction of sp³-hybridized carbons (Fsp3) is 0.381. The minimum atomic E-state index is -3.95. The van der Waals surface area contributed by atoms with Crippen LogP contribution in [0.15, 0.2) is 53.4 Å². The first-order valence-electron chi connectivity index (χ1n) is 9.68. The number of benzene rings is 2. The normalized spacial score (nSPS) is 15.3. The zero-order valence-corrected chi connectivity index (χ0v) is 17.9. The lowest BCUT2D eigenvalue weighted by molar-refractivity contribution is -0.131. The molecule has 0 aliphatic carbocycles. The summed E-state index contributed by atoms with van der Waals surface area (Å²) in [5, 5.41) is 0.209. The third kappa shape index (κ3) is 5.50. The zero-order chi connectivity index (χ0) is 20.9. The molecule has 156 valence electrons. The fourth-order valence-electron chi connectivity index (χ4n) is 3.36. The molecule has 1 aliphatic rings. The van der Waals surface area contributed by atoms with E-state index in [0.29, 0.717) is 25.4 Å². The quantitative estimate of drug-likeness (QED) is 0.689. The first kappa shape index (κ1) is 21.6. The highest BCUT2D eigenvalue weighted by atomic mass is 35.5. The van der Waals surface area contributed by atoms with Gasteiger partial charge in [0.25, 0.3) is 0 Å². The van der Waals surface area contributed by atoms with Crippen molar-refractivity contribution in [1.82, 2.24) is 9.62 Å². The molecule has 2 aromatic rings. The first-order chi connectivity index (χ1) is 13.9. The average Bonchev–Trinajstić information content (AvgIpc) is 3.24. The Labute approximate surface area is 176 Å². The number of nitrogens with one attached hydrogen (secondary N) is 1. The van der Waals surface area contributed by atoms with Crippen LogP contribution >= 0.6 is 11.6 Å². The van der Waals surface area contributed by atoms with Gasteiger partial charge in [-0.2, -0.15) is 4.72 Å². The molecule has 1 aliphatic heterocycles. The number of halogens is 1. The van der Waals surface area contributed by atoms with Gasteiger partial charge in [-0.05, 0) is 49.9 Å². The molecular formula is C21H25ClN2O4S. The van der Waals surface area contributed by atoms with Crippen molar-refractivity contribution in [1.29, 1.82) is 0 Å². The molecule has 3 rings (SSSR count). The van der Waals surface area contributed by atoms with E-state index in [2.05, 4.69) is 4.72 Å². The predicted octanol–water partition coefficient (Wildman–Crippen LogP) is 3.25. The number of sulfonamides is 1. The van der Waals surface area contributed by atoms with E-state index >= 15 is 0 Å². The number of ether oxygens (including phenoxy) is 1. The van der Waals surface area contributed by atoms with E-state index in [0.717, 1.165) is 18.4 Å². The van der Waals surface area contributed by atoms with Crippen LogP contribution in [-0.2, 0) is 21.2 Å². The van der Waals surface area contributed by atoms with Crippen molar-refractivity contribution in [3.8, 4) is 5.75 Å². The Morgan fingerprint density at radius 2 is 1.86 bits per heavy atom. The lowest BCUT2D eigenvalue weighted by Gasteiger charge is -2.24. The smallest absolute Gasteiger partial charge is 0.241 e. The molecule has 2 aromatic carbocycles. The van der Waals surface area contributed by atoms with Crippen molar-refractivity contribution in [3.05, 3.63) is 59.1 Å². The number of hydrogen-bond donors (Lipinski definition) is 1. The van der Waals surface area contributed by atoms with E-state index in [-0.39, 0.29) is 22.2 Å². The minimum Gasteiger partial charge on any atom is -0.492 e. The van der Waals surface area contributed by atoms with Crippen LogP contribution in [-0.4, -0.2) is 45.0 Å². The maximum Gasteiger partial charge on any atom is 0.241 e. The standard InChI is InChI=1S/C21H25ClN2O4S/c1-2-28-20-11-10-17(15-18(20)22)29(26,27)23-19(14-16-8-4-3-5-9-16)21(25)24-12-6-7-13-24/h3-5,8-11,15,19,23H,2,6-7,12-14H2,1H3. The molecule has 8 heteroatoms. The molecule has 1 atom stereocenters. The van der Waals surface area contributed by atoms with Gasteiger partial charge in [0.2, 0.25) is 15.9 Å². The second-order valence-corrected chi connectivity index (χ2v) is 9.04. The lowest BCUT2D eigenvalue weighted by Crippen LogP contribution is -2.48. The monoisotopic (exact) mass is 436 g/mol. The summed E-state index contributed by atoms with van der Waals surface area (Å²) >= 11 is 6.15. The number of rotatable bonds is 8. The average molecular weight is 437 g/mol. The maximum absolute atomic E-state index is 13.0. The summed E-state index contributed by atoms with van der Waals surface area (Å²) in [4.78, 5) is 14.7. The number of carbonyl (C=O) groups excluding carboxylic acids is 1. The van der Waals surface area contributed by atoms with Gasteiger partial charge in [-0.3, -0.25) is 4.79 Å². The van der Waals surface area contributed by atoms with Crippen LogP contribution in [0.1, 0.15) is 25.3 Å².